The number of phosphoric ester groups is 2. The van der Waals surface area contributed by atoms with Crippen molar-refractivity contribution in [2.24, 2.45) is 11.8 Å². The predicted molar refractivity (Wildman–Crippen MR) is 340 cm³/mol. The maximum absolute atomic E-state index is 13.0. The van der Waals surface area contributed by atoms with Crippen LogP contribution in [0.3, 0.4) is 0 Å². The van der Waals surface area contributed by atoms with Crippen LogP contribution in [0.15, 0.2) is 0 Å². The molecule has 0 aliphatic carbocycles. The average molecular weight is 1260 g/mol. The largest absolute Gasteiger partial charge is 0.472 e. The van der Waals surface area contributed by atoms with E-state index >= 15 is 0 Å². The van der Waals surface area contributed by atoms with E-state index in [-0.39, 0.29) is 25.7 Å². The number of unbranched alkanes of at least 4 members (excludes halogenated alkanes) is 34. The minimum atomic E-state index is -4.95. The number of esters is 4. The van der Waals surface area contributed by atoms with Crippen LogP contribution < -0.4 is 0 Å². The van der Waals surface area contributed by atoms with Crippen LogP contribution in [0.25, 0.3) is 0 Å². The molecule has 0 saturated heterocycles. The first-order valence-corrected chi connectivity index (χ1v) is 37.5. The maximum atomic E-state index is 13.0. The van der Waals surface area contributed by atoms with Gasteiger partial charge in [-0.05, 0) is 37.5 Å². The van der Waals surface area contributed by atoms with Crippen molar-refractivity contribution in [1.82, 2.24) is 0 Å². The van der Waals surface area contributed by atoms with E-state index < -0.39 is 97.5 Å². The number of ether oxygens (including phenoxy) is 4. The monoisotopic (exact) mass is 1250 g/mol. The lowest BCUT2D eigenvalue weighted by Crippen LogP contribution is -2.30. The van der Waals surface area contributed by atoms with Gasteiger partial charge in [-0.15, -0.1) is 0 Å². The Morgan fingerprint density at radius 3 is 0.894 bits per heavy atom. The average Bonchev–Trinajstić information content (AvgIpc) is 3.55. The fourth-order valence-electron chi connectivity index (χ4n) is 9.85. The second kappa shape index (κ2) is 58.4. The lowest BCUT2D eigenvalue weighted by atomic mass is 10.00. The van der Waals surface area contributed by atoms with Crippen LogP contribution in [0.1, 0.15) is 330 Å². The molecule has 504 valence electrons. The molecule has 0 aliphatic rings. The van der Waals surface area contributed by atoms with Gasteiger partial charge in [-0.1, -0.05) is 279 Å². The molecule has 0 bridgehead atoms. The van der Waals surface area contributed by atoms with Gasteiger partial charge in [-0.2, -0.15) is 0 Å². The van der Waals surface area contributed by atoms with Crippen LogP contribution in [0.5, 0.6) is 0 Å². The van der Waals surface area contributed by atoms with Gasteiger partial charge in [0.05, 0.1) is 26.4 Å². The first-order valence-electron chi connectivity index (χ1n) is 34.5. The molecule has 0 amide bonds. The summed E-state index contributed by atoms with van der Waals surface area (Å²) < 4.78 is 68.1. The van der Waals surface area contributed by atoms with Crippen LogP contribution in [0.2, 0.25) is 0 Å². The van der Waals surface area contributed by atoms with Gasteiger partial charge in [0, 0.05) is 25.7 Å². The molecule has 0 fully saturated rings. The van der Waals surface area contributed by atoms with E-state index in [1.807, 2.05) is 0 Å². The van der Waals surface area contributed by atoms with E-state index in [0.29, 0.717) is 25.7 Å². The number of aliphatic hydroxyl groups excluding tert-OH is 1. The highest BCUT2D eigenvalue weighted by Gasteiger charge is 2.30. The zero-order chi connectivity index (χ0) is 62.9. The number of carbonyl (C=O) groups is 4. The van der Waals surface area contributed by atoms with E-state index in [4.69, 9.17) is 37.0 Å². The quantitative estimate of drug-likeness (QED) is 0.0222. The zero-order valence-corrected chi connectivity index (χ0v) is 56.7. The van der Waals surface area contributed by atoms with Crippen molar-refractivity contribution in [3.63, 3.8) is 0 Å². The fourth-order valence-corrected chi connectivity index (χ4v) is 11.4. The van der Waals surface area contributed by atoms with Crippen LogP contribution in [-0.2, 0) is 65.4 Å². The Morgan fingerprint density at radius 2 is 0.600 bits per heavy atom. The molecule has 17 nitrogen and oxygen atoms in total. The molecule has 0 radical (unpaired) electrons. The third-order valence-corrected chi connectivity index (χ3v) is 17.5. The molecule has 85 heavy (non-hydrogen) atoms. The number of hydrogen-bond acceptors (Lipinski definition) is 15. The second-order valence-corrected chi connectivity index (χ2v) is 27.5. The number of phosphoric acid groups is 2. The lowest BCUT2D eigenvalue weighted by Gasteiger charge is -2.21. The molecule has 0 spiro atoms. The second-order valence-electron chi connectivity index (χ2n) is 24.6. The van der Waals surface area contributed by atoms with E-state index in [1.54, 1.807) is 0 Å². The summed E-state index contributed by atoms with van der Waals surface area (Å²) in [6.45, 7) is 9.43. The normalized spacial score (nSPS) is 14.6. The molecular formula is C66H128O17P2. The maximum Gasteiger partial charge on any atom is 0.472 e. The Balaban J connectivity index is 5.25. The first-order chi connectivity index (χ1) is 40.9. The molecule has 3 unspecified atom stereocenters. The van der Waals surface area contributed by atoms with Gasteiger partial charge in [0.2, 0.25) is 0 Å². The van der Waals surface area contributed by atoms with Crippen molar-refractivity contribution in [2.45, 2.75) is 349 Å². The van der Waals surface area contributed by atoms with Crippen molar-refractivity contribution in [1.29, 1.82) is 0 Å². The lowest BCUT2D eigenvalue weighted by molar-refractivity contribution is -0.161. The van der Waals surface area contributed by atoms with Gasteiger partial charge in [0.15, 0.2) is 12.2 Å². The summed E-state index contributed by atoms with van der Waals surface area (Å²) >= 11 is 0. The third kappa shape index (κ3) is 59.5. The minimum Gasteiger partial charge on any atom is -0.462 e. The summed E-state index contributed by atoms with van der Waals surface area (Å²) in [6, 6.07) is 0. The molecule has 6 atom stereocenters. The molecule has 0 aromatic heterocycles. The molecule has 19 heteroatoms. The van der Waals surface area contributed by atoms with Crippen molar-refractivity contribution >= 4 is 39.5 Å². The third-order valence-electron chi connectivity index (χ3n) is 15.6. The summed E-state index contributed by atoms with van der Waals surface area (Å²) in [5.41, 5.74) is 0. The number of rotatable bonds is 65. The van der Waals surface area contributed by atoms with Gasteiger partial charge in [0.25, 0.3) is 0 Å². The summed E-state index contributed by atoms with van der Waals surface area (Å²) in [5.74, 6) is -0.686. The molecule has 0 aliphatic heterocycles. The molecule has 0 heterocycles. The van der Waals surface area contributed by atoms with Crippen molar-refractivity contribution in [2.75, 3.05) is 39.6 Å². The molecule has 0 rings (SSSR count). The van der Waals surface area contributed by atoms with Gasteiger partial charge < -0.3 is 33.8 Å². The molecule has 0 aromatic rings. The fraction of sp³-hybridized carbons (Fsp3) is 0.939. The van der Waals surface area contributed by atoms with Crippen LogP contribution in [0, 0.1) is 11.8 Å². The van der Waals surface area contributed by atoms with Crippen molar-refractivity contribution < 1.29 is 80.2 Å². The summed E-state index contributed by atoms with van der Waals surface area (Å²) in [5, 5.41) is 10.5. The highest BCUT2D eigenvalue weighted by atomic mass is 31.2. The standard InChI is InChI=1S/C66H128O17P2/c1-7-10-12-14-16-18-20-21-22-23-25-31-38-44-50-65(70)82-61(54-77-64(69)49-43-37-30-27-26-28-34-40-46-58(4)5)56-80-84(72,73)78-52-60(67)53-79-85(74,75)81-57-62(83-66(71)51-45-39-33-32-35-41-47-59(6)9-3)55-76-63(68)48-42-36-29-24-19-17-15-13-11-8-2/h58-62,67H,7-57H2,1-6H3,(H,72,73)(H,74,75)/t59?,60-,61-,62-/m1/s1. The number of aliphatic hydroxyl groups is 1. The van der Waals surface area contributed by atoms with E-state index in [1.165, 1.54) is 148 Å². The van der Waals surface area contributed by atoms with Crippen LogP contribution >= 0.6 is 15.6 Å². The number of carbonyl (C=O) groups excluding carboxylic acids is 4. The SMILES string of the molecule is CCCCCCCCCCCCCCCCC(=O)O[C@H](COC(=O)CCCCCCCCCCC(C)C)COP(=O)(O)OC[C@@H](O)COP(=O)(O)OC[C@@H](COC(=O)CCCCCCCCCCCC)OC(=O)CCCCCCCCC(C)CC. The smallest absolute Gasteiger partial charge is 0.462 e. The first kappa shape index (κ1) is 83.1. The Hall–Kier alpha value is -1.94. The summed E-state index contributed by atoms with van der Waals surface area (Å²) in [4.78, 5) is 72.3. The zero-order valence-electron chi connectivity index (χ0n) is 54.9. The van der Waals surface area contributed by atoms with Crippen LogP contribution in [-0.4, -0.2) is 96.7 Å². The van der Waals surface area contributed by atoms with E-state index in [0.717, 1.165) is 102 Å². The number of hydrogen-bond donors (Lipinski definition) is 3. The van der Waals surface area contributed by atoms with Gasteiger partial charge in [-0.3, -0.25) is 37.3 Å². The van der Waals surface area contributed by atoms with E-state index in [2.05, 4.69) is 41.5 Å². The predicted octanol–water partition coefficient (Wildman–Crippen LogP) is 18.4. The van der Waals surface area contributed by atoms with Crippen molar-refractivity contribution in [3.8, 4) is 0 Å². The molecule has 0 saturated carbocycles. The Bertz CT molecular complexity index is 1670. The minimum absolute atomic E-state index is 0.103. The highest BCUT2D eigenvalue weighted by molar-refractivity contribution is 7.47. The van der Waals surface area contributed by atoms with Gasteiger partial charge in [0.1, 0.15) is 19.3 Å². The van der Waals surface area contributed by atoms with Gasteiger partial charge in [-0.25, -0.2) is 9.13 Å². The van der Waals surface area contributed by atoms with Crippen LogP contribution in [0.4, 0.5) is 0 Å². The molecule has 3 N–H and O–H groups in total. The molecule has 0 aromatic carbocycles. The topological polar surface area (TPSA) is 237 Å². The highest BCUT2D eigenvalue weighted by Crippen LogP contribution is 2.45. The molecular weight excluding hydrogens is 1130 g/mol. The Morgan fingerprint density at radius 1 is 0.341 bits per heavy atom. The van der Waals surface area contributed by atoms with Gasteiger partial charge >= 0.3 is 39.5 Å². The Labute approximate surface area is 517 Å². The summed E-state index contributed by atoms with van der Waals surface area (Å²) in [7, 11) is -9.89. The Kier molecular flexibility index (Phi) is 57.1. The summed E-state index contributed by atoms with van der Waals surface area (Å²) in [6.07, 6.45) is 41.7. The van der Waals surface area contributed by atoms with E-state index in [9.17, 15) is 43.2 Å². The van der Waals surface area contributed by atoms with Crippen molar-refractivity contribution in [3.05, 3.63) is 0 Å².